The average Bonchev–Trinajstić information content (AvgIpc) is 3.23. The Morgan fingerprint density at radius 1 is 1.09 bits per heavy atom. The van der Waals surface area contributed by atoms with E-state index in [1.54, 1.807) is 30.0 Å². The first-order valence-corrected chi connectivity index (χ1v) is 10.5. The van der Waals surface area contributed by atoms with Crippen LogP contribution in [-0.2, 0) is 0 Å². The van der Waals surface area contributed by atoms with E-state index < -0.39 is 11.6 Å². The van der Waals surface area contributed by atoms with Gasteiger partial charge in [0.2, 0.25) is 5.88 Å². The van der Waals surface area contributed by atoms with Crippen LogP contribution in [0.1, 0.15) is 34.6 Å². The van der Waals surface area contributed by atoms with Crippen LogP contribution in [0.4, 0.5) is 8.78 Å². The van der Waals surface area contributed by atoms with Crippen molar-refractivity contribution in [2.45, 2.75) is 25.9 Å². The number of hydrogen-bond acceptors (Lipinski definition) is 5. The molecule has 2 aromatic heterocycles. The molecule has 1 saturated heterocycles. The van der Waals surface area contributed by atoms with Crippen LogP contribution in [-0.4, -0.2) is 45.0 Å². The number of amides is 1. The Kier molecular flexibility index (Phi) is 6.32. The topological polar surface area (TPSA) is 68.2 Å². The molecule has 1 aliphatic rings. The number of likely N-dealkylation sites (tertiary alicyclic amines) is 1. The third kappa shape index (κ3) is 4.70. The normalized spacial score (nSPS) is 19.1. The molecule has 3 heterocycles. The Bertz CT molecular complexity index is 1110. The maximum atomic E-state index is 14.0. The molecule has 0 N–H and O–H groups in total. The van der Waals surface area contributed by atoms with Gasteiger partial charge in [0, 0.05) is 49.6 Å². The van der Waals surface area contributed by atoms with E-state index in [2.05, 4.69) is 15.0 Å². The summed E-state index contributed by atoms with van der Waals surface area (Å²) < 4.78 is 33.5. The molecule has 1 fully saturated rings. The average molecular weight is 459 g/mol. The second-order valence-corrected chi connectivity index (χ2v) is 8.25. The van der Waals surface area contributed by atoms with E-state index >= 15 is 0 Å². The van der Waals surface area contributed by atoms with Gasteiger partial charge in [-0.3, -0.25) is 4.79 Å². The standard InChI is InChI=1S/C23H21ClF2N4O2/c1-13(32-22-6-4-17(24)10-29-22)18-11-30(23(31)16-8-27-14(2)28-9-16)12-19(18)15-3-5-20(25)21(26)7-15/h3-10,13,18-19H,11-12H2,1-2H3/t13-,18?,19+/m0/s1. The fourth-order valence-corrected chi connectivity index (χ4v) is 4.07. The molecular formula is C23H21ClF2N4O2. The molecule has 1 aliphatic heterocycles. The molecular weight excluding hydrogens is 438 g/mol. The van der Waals surface area contributed by atoms with Crippen molar-refractivity contribution >= 4 is 17.5 Å². The molecule has 1 amide bonds. The van der Waals surface area contributed by atoms with Gasteiger partial charge in [-0.05, 0) is 37.6 Å². The zero-order valence-corrected chi connectivity index (χ0v) is 18.3. The lowest BCUT2D eigenvalue weighted by Gasteiger charge is -2.25. The first kappa shape index (κ1) is 22.1. The Hall–Kier alpha value is -3.13. The summed E-state index contributed by atoms with van der Waals surface area (Å²) in [6.07, 6.45) is 4.09. The Morgan fingerprint density at radius 3 is 2.50 bits per heavy atom. The minimum absolute atomic E-state index is 0.187. The Balaban J connectivity index is 1.61. The number of halogens is 3. The van der Waals surface area contributed by atoms with E-state index in [1.165, 1.54) is 24.7 Å². The van der Waals surface area contributed by atoms with Gasteiger partial charge < -0.3 is 9.64 Å². The fourth-order valence-electron chi connectivity index (χ4n) is 3.96. The summed E-state index contributed by atoms with van der Waals surface area (Å²) in [6.45, 7) is 4.30. The van der Waals surface area contributed by atoms with Crippen LogP contribution in [0.25, 0.3) is 0 Å². The van der Waals surface area contributed by atoms with Crippen molar-refractivity contribution in [2.75, 3.05) is 13.1 Å². The SMILES string of the molecule is Cc1ncc(C(=O)N2CC([C@H](C)Oc3ccc(Cl)cn3)[C@@H](c3ccc(F)c(F)c3)C2)cn1. The summed E-state index contributed by atoms with van der Waals surface area (Å²) in [6, 6.07) is 7.17. The predicted molar refractivity (Wildman–Crippen MR) is 115 cm³/mol. The molecule has 166 valence electrons. The summed E-state index contributed by atoms with van der Waals surface area (Å²) in [5.74, 6) is -1.55. The molecule has 0 radical (unpaired) electrons. The molecule has 0 spiro atoms. The maximum absolute atomic E-state index is 14.0. The quantitative estimate of drug-likeness (QED) is 0.565. The summed E-state index contributed by atoms with van der Waals surface area (Å²) in [7, 11) is 0. The van der Waals surface area contributed by atoms with Crippen molar-refractivity contribution in [1.29, 1.82) is 0 Å². The molecule has 0 bridgehead atoms. The summed E-state index contributed by atoms with van der Waals surface area (Å²) >= 11 is 5.89. The highest BCUT2D eigenvalue weighted by molar-refractivity contribution is 6.30. The minimum Gasteiger partial charge on any atom is -0.474 e. The number of ether oxygens (including phenoxy) is 1. The predicted octanol–water partition coefficient (Wildman–Crippen LogP) is 4.43. The van der Waals surface area contributed by atoms with Gasteiger partial charge in [0.25, 0.3) is 5.91 Å². The first-order chi connectivity index (χ1) is 15.3. The molecule has 3 aromatic rings. The maximum Gasteiger partial charge on any atom is 0.257 e. The van der Waals surface area contributed by atoms with Crippen molar-refractivity contribution in [1.82, 2.24) is 19.9 Å². The van der Waals surface area contributed by atoms with Gasteiger partial charge in [-0.1, -0.05) is 17.7 Å². The number of benzene rings is 1. The van der Waals surface area contributed by atoms with E-state index in [4.69, 9.17) is 16.3 Å². The van der Waals surface area contributed by atoms with Crippen molar-refractivity contribution in [3.05, 3.63) is 82.5 Å². The zero-order chi connectivity index (χ0) is 22.8. The molecule has 1 aromatic carbocycles. The smallest absolute Gasteiger partial charge is 0.257 e. The van der Waals surface area contributed by atoms with Gasteiger partial charge in [0.05, 0.1) is 10.6 Å². The molecule has 6 nitrogen and oxygen atoms in total. The van der Waals surface area contributed by atoms with E-state index in [1.807, 2.05) is 6.92 Å². The highest BCUT2D eigenvalue weighted by Crippen LogP contribution is 2.37. The van der Waals surface area contributed by atoms with E-state index in [0.29, 0.717) is 40.9 Å². The van der Waals surface area contributed by atoms with Crippen molar-refractivity contribution in [3.63, 3.8) is 0 Å². The second kappa shape index (κ2) is 9.16. The molecule has 0 saturated carbocycles. The van der Waals surface area contributed by atoms with Gasteiger partial charge in [-0.15, -0.1) is 0 Å². The molecule has 32 heavy (non-hydrogen) atoms. The lowest BCUT2D eigenvalue weighted by molar-refractivity contribution is 0.0769. The fraction of sp³-hybridized carbons (Fsp3) is 0.304. The van der Waals surface area contributed by atoms with Crippen LogP contribution < -0.4 is 4.74 Å². The number of rotatable bonds is 5. The number of carbonyl (C=O) groups is 1. The number of aromatic nitrogens is 3. The van der Waals surface area contributed by atoms with Crippen molar-refractivity contribution < 1.29 is 18.3 Å². The van der Waals surface area contributed by atoms with E-state index in [9.17, 15) is 13.6 Å². The third-order valence-electron chi connectivity index (χ3n) is 5.66. The number of hydrogen-bond donors (Lipinski definition) is 0. The highest BCUT2D eigenvalue weighted by Gasteiger charge is 2.40. The molecule has 0 aliphatic carbocycles. The number of aryl methyl sites for hydroxylation is 1. The van der Waals surface area contributed by atoms with Gasteiger partial charge in [0.1, 0.15) is 11.9 Å². The molecule has 3 atom stereocenters. The molecule has 1 unspecified atom stereocenters. The third-order valence-corrected chi connectivity index (χ3v) is 5.89. The summed E-state index contributed by atoms with van der Waals surface area (Å²) in [4.78, 5) is 27.1. The number of nitrogens with zero attached hydrogens (tertiary/aromatic N) is 4. The zero-order valence-electron chi connectivity index (χ0n) is 17.5. The van der Waals surface area contributed by atoms with E-state index in [0.717, 1.165) is 6.07 Å². The Morgan fingerprint density at radius 2 is 1.84 bits per heavy atom. The second-order valence-electron chi connectivity index (χ2n) is 7.81. The summed E-state index contributed by atoms with van der Waals surface area (Å²) in [5.41, 5.74) is 0.970. The monoisotopic (exact) mass is 458 g/mol. The van der Waals surface area contributed by atoms with E-state index in [-0.39, 0.29) is 23.8 Å². The Labute approximate surface area is 189 Å². The highest BCUT2D eigenvalue weighted by atomic mass is 35.5. The van der Waals surface area contributed by atoms with Crippen LogP contribution in [0, 0.1) is 24.5 Å². The van der Waals surface area contributed by atoms with Gasteiger partial charge in [0.15, 0.2) is 11.6 Å². The first-order valence-electron chi connectivity index (χ1n) is 10.1. The van der Waals surface area contributed by atoms with Gasteiger partial charge >= 0.3 is 0 Å². The van der Waals surface area contributed by atoms with Crippen LogP contribution in [0.2, 0.25) is 5.02 Å². The van der Waals surface area contributed by atoms with Gasteiger partial charge in [-0.2, -0.15) is 0 Å². The van der Waals surface area contributed by atoms with Gasteiger partial charge in [-0.25, -0.2) is 23.7 Å². The van der Waals surface area contributed by atoms with Crippen LogP contribution in [0.15, 0.2) is 48.9 Å². The lowest BCUT2D eigenvalue weighted by atomic mass is 9.85. The molecule has 4 rings (SSSR count). The minimum atomic E-state index is -0.925. The van der Waals surface area contributed by atoms with Crippen LogP contribution in [0.5, 0.6) is 5.88 Å². The number of carbonyl (C=O) groups excluding carboxylic acids is 1. The summed E-state index contributed by atoms with van der Waals surface area (Å²) in [5, 5.41) is 0.489. The van der Waals surface area contributed by atoms with Crippen LogP contribution >= 0.6 is 11.6 Å². The van der Waals surface area contributed by atoms with Crippen molar-refractivity contribution in [3.8, 4) is 5.88 Å². The van der Waals surface area contributed by atoms with Crippen molar-refractivity contribution in [2.24, 2.45) is 5.92 Å². The lowest BCUT2D eigenvalue weighted by Crippen LogP contribution is -2.32. The largest absolute Gasteiger partial charge is 0.474 e. The van der Waals surface area contributed by atoms with Crippen LogP contribution in [0.3, 0.4) is 0 Å². The number of pyridine rings is 1. The molecule has 9 heteroatoms.